The van der Waals surface area contributed by atoms with Crippen molar-refractivity contribution in [2.24, 2.45) is 0 Å². The summed E-state index contributed by atoms with van der Waals surface area (Å²) in [5, 5.41) is 0. The van der Waals surface area contributed by atoms with Gasteiger partial charge in [0.25, 0.3) is 0 Å². The predicted octanol–water partition coefficient (Wildman–Crippen LogP) is 2.66. The Balaban J connectivity index is 2.66. The van der Waals surface area contributed by atoms with E-state index in [0.717, 1.165) is 20.2 Å². The Bertz CT molecular complexity index is 208. The van der Waals surface area contributed by atoms with E-state index in [2.05, 4.69) is 21.1 Å². The highest BCUT2D eigenvalue weighted by molar-refractivity contribution is 8.02. The van der Waals surface area contributed by atoms with Gasteiger partial charge in [-0.15, -0.1) is 8.93 Å². The van der Waals surface area contributed by atoms with Crippen molar-refractivity contribution in [3.8, 4) is 5.75 Å². The first kappa shape index (κ1) is 8.97. The molecule has 0 saturated carbocycles. The van der Waals surface area contributed by atoms with Gasteiger partial charge in [0.05, 0.1) is 7.11 Å². The fourth-order valence-electron chi connectivity index (χ4n) is 0.861. The minimum atomic E-state index is 0.909. The number of hydrogen-bond donors (Lipinski definition) is 0. The van der Waals surface area contributed by atoms with Gasteiger partial charge in [-0.3, -0.25) is 0 Å². The molecule has 0 heterocycles. The Morgan fingerprint density at radius 1 is 1.36 bits per heavy atom. The monoisotopic (exact) mass is 186 g/mol. The molecule has 2 unspecified atom stereocenters. The molecule has 0 radical (unpaired) electrons. The molecule has 0 aliphatic carbocycles. The van der Waals surface area contributed by atoms with Crippen molar-refractivity contribution in [2.45, 2.75) is 6.16 Å². The van der Waals surface area contributed by atoms with Gasteiger partial charge in [0, 0.05) is 0 Å². The second-order valence-corrected chi connectivity index (χ2v) is 4.22. The standard InChI is InChI=1S/C8H12OP2/c1-9-8-4-2-7(3-5-8)6-11-10/h2-5,11H,6,10H2,1H3. The highest BCUT2D eigenvalue weighted by Crippen LogP contribution is 2.26. The molecule has 3 heteroatoms. The van der Waals surface area contributed by atoms with Crippen molar-refractivity contribution in [2.75, 3.05) is 7.11 Å². The Kier molecular flexibility index (Phi) is 3.83. The highest BCUT2D eigenvalue weighted by atomic mass is 32.0. The third-order valence-corrected chi connectivity index (χ3v) is 2.69. The molecule has 1 rings (SSSR count). The van der Waals surface area contributed by atoms with Crippen LogP contribution in [0.25, 0.3) is 0 Å². The molecular weight excluding hydrogens is 174 g/mol. The van der Waals surface area contributed by atoms with E-state index in [9.17, 15) is 0 Å². The van der Waals surface area contributed by atoms with E-state index in [4.69, 9.17) is 4.74 Å². The third kappa shape index (κ3) is 2.77. The van der Waals surface area contributed by atoms with E-state index in [1.807, 2.05) is 12.1 Å². The van der Waals surface area contributed by atoms with Crippen LogP contribution in [-0.4, -0.2) is 7.11 Å². The molecule has 0 N–H and O–H groups in total. The Labute approximate surface area is 71.4 Å². The molecule has 11 heavy (non-hydrogen) atoms. The molecule has 0 aromatic heterocycles. The van der Waals surface area contributed by atoms with Crippen LogP contribution in [0.4, 0.5) is 0 Å². The van der Waals surface area contributed by atoms with Crippen molar-refractivity contribution >= 4 is 17.2 Å². The maximum atomic E-state index is 5.04. The fourth-order valence-corrected chi connectivity index (χ4v) is 2.04. The second kappa shape index (κ2) is 4.70. The van der Waals surface area contributed by atoms with Crippen molar-refractivity contribution in [1.82, 2.24) is 0 Å². The van der Waals surface area contributed by atoms with Crippen LogP contribution in [0.1, 0.15) is 5.56 Å². The van der Waals surface area contributed by atoms with Gasteiger partial charge in [0.1, 0.15) is 5.75 Å². The third-order valence-electron chi connectivity index (χ3n) is 1.47. The summed E-state index contributed by atoms with van der Waals surface area (Å²) in [6.07, 6.45) is 1.15. The summed E-state index contributed by atoms with van der Waals surface area (Å²) in [7, 11) is 5.34. The van der Waals surface area contributed by atoms with Gasteiger partial charge in [-0.2, -0.15) is 0 Å². The summed E-state index contributed by atoms with van der Waals surface area (Å²) in [5.74, 6) is 0.931. The normalized spacial score (nSPS) is 10.7. The lowest BCUT2D eigenvalue weighted by atomic mass is 10.2. The van der Waals surface area contributed by atoms with E-state index < -0.39 is 0 Å². The smallest absolute Gasteiger partial charge is 0.118 e. The minimum absolute atomic E-state index is 0.909. The zero-order valence-electron chi connectivity index (χ0n) is 6.50. The summed E-state index contributed by atoms with van der Waals surface area (Å²) in [5.41, 5.74) is 1.37. The number of methoxy groups -OCH3 is 1. The Hall–Kier alpha value is -0.120. The van der Waals surface area contributed by atoms with Crippen LogP contribution in [0.15, 0.2) is 24.3 Å². The van der Waals surface area contributed by atoms with Crippen molar-refractivity contribution in [3.05, 3.63) is 29.8 Å². The lowest BCUT2D eigenvalue weighted by Crippen LogP contribution is -1.82. The molecule has 1 aromatic rings. The number of ether oxygens (including phenoxy) is 1. The van der Waals surface area contributed by atoms with Gasteiger partial charge in [0.2, 0.25) is 0 Å². The average Bonchev–Trinajstić information content (AvgIpc) is 2.07. The highest BCUT2D eigenvalue weighted by Gasteiger charge is 1.91. The molecular formula is C8H12OP2. The van der Waals surface area contributed by atoms with Gasteiger partial charge in [-0.05, 0) is 23.9 Å². The number of rotatable bonds is 3. The molecule has 1 nitrogen and oxygen atoms in total. The molecule has 60 valence electrons. The van der Waals surface area contributed by atoms with E-state index >= 15 is 0 Å². The zero-order chi connectivity index (χ0) is 8.10. The average molecular weight is 186 g/mol. The quantitative estimate of drug-likeness (QED) is 0.659. The van der Waals surface area contributed by atoms with E-state index in [1.54, 1.807) is 7.11 Å². The first-order valence-electron chi connectivity index (χ1n) is 3.43. The summed E-state index contributed by atoms with van der Waals surface area (Å²) >= 11 is 0. The van der Waals surface area contributed by atoms with Crippen LogP contribution in [0, 0.1) is 0 Å². The van der Waals surface area contributed by atoms with Crippen molar-refractivity contribution in [1.29, 1.82) is 0 Å². The molecule has 1 aromatic carbocycles. The van der Waals surface area contributed by atoms with Crippen LogP contribution >= 0.6 is 17.2 Å². The summed E-state index contributed by atoms with van der Waals surface area (Å²) in [6, 6.07) is 8.21. The molecule has 0 spiro atoms. The molecule has 0 aliphatic heterocycles. The Morgan fingerprint density at radius 3 is 2.45 bits per heavy atom. The summed E-state index contributed by atoms with van der Waals surface area (Å²) in [6.45, 7) is 0. The predicted molar refractivity (Wildman–Crippen MR) is 54.7 cm³/mol. The van der Waals surface area contributed by atoms with Gasteiger partial charge >= 0.3 is 0 Å². The van der Waals surface area contributed by atoms with Crippen LogP contribution in [0.3, 0.4) is 0 Å². The first-order chi connectivity index (χ1) is 5.36. The fraction of sp³-hybridized carbons (Fsp3) is 0.250. The second-order valence-electron chi connectivity index (χ2n) is 2.23. The van der Waals surface area contributed by atoms with Crippen LogP contribution in [0.5, 0.6) is 5.75 Å². The SMILES string of the molecule is COc1ccc(CPP)cc1. The van der Waals surface area contributed by atoms with Crippen LogP contribution < -0.4 is 4.74 Å². The van der Waals surface area contributed by atoms with E-state index in [1.165, 1.54) is 5.56 Å². The zero-order valence-corrected chi connectivity index (χ0v) is 8.66. The molecule has 0 saturated heterocycles. The summed E-state index contributed by atoms with van der Waals surface area (Å²) in [4.78, 5) is 0. The summed E-state index contributed by atoms with van der Waals surface area (Å²) < 4.78 is 5.04. The largest absolute Gasteiger partial charge is 0.497 e. The lowest BCUT2D eigenvalue weighted by Gasteiger charge is -2.00. The van der Waals surface area contributed by atoms with E-state index in [-0.39, 0.29) is 0 Å². The van der Waals surface area contributed by atoms with Crippen LogP contribution in [0.2, 0.25) is 0 Å². The van der Waals surface area contributed by atoms with Crippen molar-refractivity contribution < 1.29 is 4.74 Å². The van der Waals surface area contributed by atoms with Gasteiger partial charge in [-0.1, -0.05) is 20.4 Å². The Morgan fingerprint density at radius 2 is 2.00 bits per heavy atom. The molecule has 0 bridgehead atoms. The number of hydrogen-bond acceptors (Lipinski definition) is 1. The number of benzene rings is 1. The maximum absolute atomic E-state index is 5.04. The lowest BCUT2D eigenvalue weighted by molar-refractivity contribution is 0.414. The molecule has 0 amide bonds. The molecule has 0 fully saturated rings. The van der Waals surface area contributed by atoms with E-state index in [0.29, 0.717) is 0 Å². The minimum Gasteiger partial charge on any atom is -0.497 e. The van der Waals surface area contributed by atoms with Crippen LogP contribution in [-0.2, 0) is 6.16 Å². The molecule has 2 atom stereocenters. The maximum Gasteiger partial charge on any atom is 0.118 e. The molecule has 0 aliphatic rings. The van der Waals surface area contributed by atoms with Crippen molar-refractivity contribution in [3.63, 3.8) is 0 Å². The topological polar surface area (TPSA) is 9.23 Å². The van der Waals surface area contributed by atoms with Gasteiger partial charge < -0.3 is 4.74 Å². The van der Waals surface area contributed by atoms with Gasteiger partial charge in [-0.25, -0.2) is 0 Å². The first-order valence-corrected chi connectivity index (χ1v) is 6.45. The van der Waals surface area contributed by atoms with Gasteiger partial charge in [0.15, 0.2) is 0 Å².